The second kappa shape index (κ2) is 6.58. The lowest BCUT2D eigenvalue weighted by atomic mass is 10.1. The van der Waals surface area contributed by atoms with E-state index in [-0.39, 0.29) is 13.0 Å². The van der Waals surface area contributed by atoms with E-state index in [0.29, 0.717) is 0 Å². The molecule has 0 atom stereocenters. The summed E-state index contributed by atoms with van der Waals surface area (Å²) in [5, 5.41) is 0. The first-order chi connectivity index (χ1) is 5.76. The number of hydrogen-bond acceptors (Lipinski definition) is 2. The van der Waals surface area contributed by atoms with Gasteiger partial charge in [-0.2, -0.15) is 0 Å². The molecule has 0 spiro atoms. The minimum atomic E-state index is -0.482. The van der Waals surface area contributed by atoms with Gasteiger partial charge in [0.2, 0.25) is 0 Å². The van der Waals surface area contributed by atoms with Crippen molar-refractivity contribution in [3.05, 3.63) is 25.3 Å². The minimum Gasteiger partial charge on any atom is -0.465 e. The van der Waals surface area contributed by atoms with Gasteiger partial charge in [0.05, 0.1) is 19.2 Å². The number of carbonyl (C=O) groups is 1. The summed E-state index contributed by atoms with van der Waals surface area (Å²) in [5.74, 6) is -0.905. The van der Waals surface area contributed by atoms with E-state index >= 15 is 0 Å². The monoisotopic (exact) mass is 172 g/mol. The molecular formula is C9H13FO2. The van der Waals surface area contributed by atoms with E-state index in [2.05, 4.69) is 13.2 Å². The number of carbonyl (C=O) groups excluding carboxylic acids is 1. The number of alkyl halides is 1. The van der Waals surface area contributed by atoms with E-state index in [1.165, 1.54) is 12.2 Å². The lowest BCUT2D eigenvalue weighted by Gasteiger charge is -2.06. The molecule has 0 unspecified atom stereocenters. The van der Waals surface area contributed by atoms with Crippen LogP contribution in [0.5, 0.6) is 0 Å². The highest BCUT2D eigenvalue weighted by atomic mass is 19.1. The van der Waals surface area contributed by atoms with Crippen molar-refractivity contribution in [2.75, 3.05) is 13.3 Å². The summed E-state index contributed by atoms with van der Waals surface area (Å²) in [5.41, 5.74) is 0. The van der Waals surface area contributed by atoms with Gasteiger partial charge in [-0.25, -0.2) is 0 Å². The Kier molecular flexibility index (Phi) is 5.97. The molecule has 0 aliphatic rings. The van der Waals surface area contributed by atoms with Gasteiger partial charge >= 0.3 is 5.97 Å². The third-order valence-electron chi connectivity index (χ3n) is 1.30. The van der Waals surface area contributed by atoms with Gasteiger partial charge in [0.1, 0.15) is 0 Å². The van der Waals surface area contributed by atoms with Gasteiger partial charge in [0.25, 0.3) is 0 Å². The third-order valence-corrected chi connectivity index (χ3v) is 1.30. The largest absolute Gasteiger partial charge is 0.465 e. The van der Waals surface area contributed by atoms with Crippen molar-refractivity contribution in [2.45, 2.75) is 6.42 Å². The van der Waals surface area contributed by atoms with E-state index in [9.17, 15) is 9.18 Å². The molecule has 0 heterocycles. The average molecular weight is 172 g/mol. The molecule has 0 radical (unpaired) electrons. The molecule has 2 nitrogen and oxygen atoms in total. The average Bonchev–Trinajstić information content (AvgIpc) is 2.07. The fraction of sp³-hybridized carbons (Fsp3) is 0.444. The van der Waals surface area contributed by atoms with Crippen LogP contribution in [0.25, 0.3) is 0 Å². The molecule has 12 heavy (non-hydrogen) atoms. The zero-order valence-corrected chi connectivity index (χ0v) is 6.96. The lowest BCUT2D eigenvalue weighted by Crippen LogP contribution is -2.14. The van der Waals surface area contributed by atoms with Gasteiger partial charge in [-0.05, 0) is 0 Å². The Morgan fingerprint density at radius 2 is 2.08 bits per heavy atom. The molecule has 0 aromatic carbocycles. The Morgan fingerprint density at radius 1 is 1.50 bits per heavy atom. The summed E-state index contributed by atoms with van der Waals surface area (Å²) in [6.07, 6.45) is 3.11. The maximum Gasteiger partial charge on any atom is 0.316 e. The SMILES string of the molecule is C=CC(C=C)C(=O)OCCCF. The molecule has 0 aromatic heterocycles. The molecule has 0 saturated heterocycles. The third kappa shape index (κ3) is 3.91. The second-order valence-corrected chi connectivity index (χ2v) is 2.21. The molecule has 0 saturated carbocycles. The topological polar surface area (TPSA) is 26.3 Å². The summed E-state index contributed by atoms with van der Waals surface area (Å²) >= 11 is 0. The van der Waals surface area contributed by atoms with Gasteiger partial charge < -0.3 is 4.74 Å². The van der Waals surface area contributed by atoms with Crippen molar-refractivity contribution in [2.24, 2.45) is 5.92 Å². The second-order valence-electron chi connectivity index (χ2n) is 2.21. The number of esters is 1. The van der Waals surface area contributed by atoms with Crippen molar-refractivity contribution < 1.29 is 13.9 Å². The fourth-order valence-electron chi connectivity index (χ4n) is 0.612. The molecular weight excluding hydrogens is 159 g/mol. The zero-order valence-electron chi connectivity index (χ0n) is 6.96. The Morgan fingerprint density at radius 3 is 2.50 bits per heavy atom. The standard InChI is InChI=1S/C9H13FO2/c1-3-8(4-2)9(11)12-7-5-6-10/h3-4,8H,1-2,5-7H2. The van der Waals surface area contributed by atoms with Gasteiger partial charge in [-0.3, -0.25) is 9.18 Å². The lowest BCUT2D eigenvalue weighted by molar-refractivity contribution is -0.145. The highest BCUT2D eigenvalue weighted by molar-refractivity contribution is 5.76. The summed E-state index contributed by atoms with van der Waals surface area (Å²) in [4.78, 5) is 11.0. The van der Waals surface area contributed by atoms with Crippen LogP contribution >= 0.6 is 0 Å². The number of rotatable bonds is 6. The van der Waals surface area contributed by atoms with E-state index in [1.54, 1.807) is 0 Å². The van der Waals surface area contributed by atoms with E-state index in [4.69, 9.17) is 4.74 Å². The maximum atomic E-state index is 11.6. The maximum absolute atomic E-state index is 11.6. The van der Waals surface area contributed by atoms with E-state index in [1.807, 2.05) is 0 Å². The van der Waals surface area contributed by atoms with Gasteiger partial charge in [-0.15, -0.1) is 13.2 Å². The van der Waals surface area contributed by atoms with Crippen molar-refractivity contribution in [1.29, 1.82) is 0 Å². The van der Waals surface area contributed by atoms with E-state index < -0.39 is 18.6 Å². The summed E-state index contributed by atoms with van der Waals surface area (Å²) in [6.45, 7) is 6.52. The summed E-state index contributed by atoms with van der Waals surface area (Å²) < 4.78 is 16.3. The molecule has 0 fully saturated rings. The van der Waals surface area contributed by atoms with Gasteiger partial charge in [0, 0.05) is 6.42 Å². The highest BCUT2D eigenvalue weighted by Gasteiger charge is 2.11. The Hall–Kier alpha value is -1.12. The first-order valence-electron chi connectivity index (χ1n) is 3.74. The Bertz CT molecular complexity index is 158. The van der Waals surface area contributed by atoms with Crippen LogP contribution in [0.4, 0.5) is 4.39 Å². The number of halogens is 1. The van der Waals surface area contributed by atoms with Gasteiger partial charge in [-0.1, -0.05) is 12.2 Å². The highest BCUT2D eigenvalue weighted by Crippen LogP contribution is 2.02. The van der Waals surface area contributed by atoms with Crippen molar-refractivity contribution >= 4 is 5.97 Å². The molecule has 0 aliphatic carbocycles. The molecule has 0 aromatic rings. The molecule has 68 valence electrons. The van der Waals surface area contributed by atoms with Crippen LogP contribution in [0.2, 0.25) is 0 Å². The Labute approximate surface area is 71.7 Å². The fourth-order valence-corrected chi connectivity index (χ4v) is 0.612. The molecule has 3 heteroatoms. The zero-order chi connectivity index (χ0) is 9.40. The molecule has 0 aliphatic heterocycles. The number of hydrogen-bond donors (Lipinski definition) is 0. The first kappa shape index (κ1) is 10.9. The smallest absolute Gasteiger partial charge is 0.316 e. The van der Waals surface area contributed by atoms with E-state index in [0.717, 1.165) is 0 Å². The first-order valence-corrected chi connectivity index (χ1v) is 3.74. The summed E-state index contributed by atoms with van der Waals surface area (Å²) in [6, 6.07) is 0. The quantitative estimate of drug-likeness (QED) is 0.347. The van der Waals surface area contributed by atoms with Crippen LogP contribution in [0, 0.1) is 5.92 Å². The molecule has 0 rings (SSSR count). The van der Waals surface area contributed by atoms with Crippen molar-refractivity contribution in [3.8, 4) is 0 Å². The van der Waals surface area contributed by atoms with Crippen LogP contribution in [-0.4, -0.2) is 19.3 Å². The Balaban J connectivity index is 3.69. The van der Waals surface area contributed by atoms with Crippen molar-refractivity contribution in [3.63, 3.8) is 0 Å². The summed E-state index contributed by atoms with van der Waals surface area (Å²) in [7, 11) is 0. The predicted molar refractivity (Wildman–Crippen MR) is 45.4 cm³/mol. The van der Waals surface area contributed by atoms with Crippen LogP contribution < -0.4 is 0 Å². The molecule has 0 amide bonds. The van der Waals surface area contributed by atoms with Crippen molar-refractivity contribution in [1.82, 2.24) is 0 Å². The molecule has 0 bridgehead atoms. The normalized spacial score (nSPS) is 9.50. The molecule has 0 N–H and O–H groups in total. The van der Waals surface area contributed by atoms with Crippen LogP contribution in [-0.2, 0) is 9.53 Å². The van der Waals surface area contributed by atoms with Crippen LogP contribution in [0.15, 0.2) is 25.3 Å². The van der Waals surface area contributed by atoms with Crippen LogP contribution in [0.3, 0.4) is 0 Å². The number of ether oxygens (including phenoxy) is 1. The van der Waals surface area contributed by atoms with Crippen LogP contribution in [0.1, 0.15) is 6.42 Å². The van der Waals surface area contributed by atoms with Gasteiger partial charge in [0.15, 0.2) is 0 Å². The minimum absolute atomic E-state index is 0.119. The predicted octanol–water partition coefficient (Wildman–Crippen LogP) is 1.88.